The Balaban J connectivity index is 1.99. The van der Waals surface area contributed by atoms with E-state index in [1.54, 1.807) is 24.5 Å². The molecule has 0 saturated heterocycles. The fourth-order valence-corrected chi connectivity index (χ4v) is 4.40. The minimum absolute atomic E-state index is 0.0466. The van der Waals surface area contributed by atoms with Gasteiger partial charge in [-0.1, -0.05) is 37.6 Å². The first-order valence-electron chi connectivity index (χ1n) is 9.44. The summed E-state index contributed by atoms with van der Waals surface area (Å²) in [6.07, 6.45) is 4.48. The van der Waals surface area contributed by atoms with E-state index in [2.05, 4.69) is 24.9 Å². The third kappa shape index (κ3) is 3.30. The summed E-state index contributed by atoms with van der Waals surface area (Å²) >= 11 is 6.06. The third-order valence-electron chi connectivity index (χ3n) is 5.49. The molecule has 6 heteroatoms. The molecule has 2 aliphatic rings. The monoisotopic (exact) mass is 404 g/mol. The van der Waals surface area contributed by atoms with E-state index >= 15 is 0 Å². The van der Waals surface area contributed by atoms with Crippen LogP contribution in [0.25, 0.3) is 0 Å². The van der Waals surface area contributed by atoms with Crippen LogP contribution in [-0.4, -0.2) is 10.8 Å². The van der Waals surface area contributed by atoms with E-state index in [9.17, 15) is 10.1 Å². The molecule has 1 aliphatic heterocycles. The average Bonchev–Trinajstić information content (AvgIpc) is 2.67. The molecule has 2 aromatic rings. The summed E-state index contributed by atoms with van der Waals surface area (Å²) in [6.45, 7) is 4.15. The molecule has 2 N–H and O–H groups in total. The Morgan fingerprint density at radius 2 is 1.97 bits per heavy atom. The minimum Gasteiger partial charge on any atom is -0.384 e. The van der Waals surface area contributed by atoms with Gasteiger partial charge in [0, 0.05) is 28.9 Å². The molecule has 1 atom stereocenters. The summed E-state index contributed by atoms with van der Waals surface area (Å²) in [5.41, 5.74) is 9.77. The van der Waals surface area contributed by atoms with Crippen LogP contribution in [0.2, 0.25) is 5.02 Å². The number of allylic oxidation sites excluding steroid dienone is 3. The van der Waals surface area contributed by atoms with Gasteiger partial charge in [0.1, 0.15) is 5.82 Å². The molecule has 0 radical (unpaired) electrons. The number of hydrogen-bond acceptors (Lipinski definition) is 5. The predicted molar refractivity (Wildman–Crippen MR) is 113 cm³/mol. The van der Waals surface area contributed by atoms with Crippen molar-refractivity contribution in [1.82, 2.24) is 4.98 Å². The number of nitrogens with zero attached hydrogens (tertiary/aromatic N) is 3. The molecule has 0 saturated carbocycles. The van der Waals surface area contributed by atoms with E-state index < -0.39 is 5.92 Å². The standard InChI is InChI=1S/C23H21ClN4O/c1-23(2)10-18-21(19(29)11-23)20(14-5-7-15(24)8-6-14)17(12-25)22(26)28(18)16-4-3-9-27-13-16/h3-9,13,20H,10-11,26H2,1-2H3/t20-/m0/s1. The molecule has 4 rings (SSSR count). The van der Waals surface area contributed by atoms with Gasteiger partial charge in [-0.2, -0.15) is 5.26 Å². The minimum atomic E-state index is -0.496. The van der Waals surface area contributed by atoms with E-state index in [1.165, 1.54) is 0 Å². The van der Waals surface area contributed by atoms with Crippen LogP contribution in [-0.2, 0) is 4.79 Å². The number of aromatic nitrogens is 1. The molecule has 1 aromatic heterocycles. The number of nitrogens with two attached hydrogens (primary N) is 1. The molecule has 0 unspecified atom stereocenters. The summed E-state index contributed by atoms with van der Waals surface area (Å²) in [5, 5.41) is 10.6. The van der Waals surface area contributed by atoms with Crippen molar-refractivity contribution >= 4 is 23.1 Å². The second-order valence-electron chi connectivity index (χ2n) is 8.24. The van der Waals surface area contributed by atoms with Gasteiger partial charge in [0.15, 0.2) is 5.78 Å². The van der Waals surface area contributed by atoms with Crippen LogP contribution >= 0.6 is 11.6 Å². The van der Waals surface area contributed by atoms with Crippen LogP contribution in [0.1, 0.15) is 38.2 Å². The van der Waals surface area contributed by atoms with Crippen molar-refractivity contribution in [2.75, 3.05) is 4.90 Å². The topological polar surface area (TPSA) is 83.0 Å². The lowest BCUT2D eigenvalue weighted by atomic mass is 9.68. The molecule has 0 fully saturated rings. The van der Waals surface area contributed by atoms with E-state index in [0.29, 0.717) is 34.8 Å². The summed E-state index contributed by atoms with van der Waals surface area (Å²) in [4.78, 5) is 19.4. The maximum Gasteiger partial charge on any atom is 0.162 e. The molecule has 1 aromatic carbocycles. The Hall–Kier alpha value is -3.10. The van der Waals surface area contributed by atoms with Gasteiger partial charge in [-0.15, -0.1) is 0 Å². The first-order valence-corrected chi connectivity index (χ1v) is 9.82. The van der Waals surface area contributed by atoms with Crippen LogP contribution in [0.15, 0.2) is 71.5 Å². The van der Waals surface area contributed by atoms with Gasteiger partial charge in [-0.05, 0) is 41.7 Å². The molecule has 0 spiro atoms. The van der Waals surface area contributed by atoms with Gasteiger partial charge >= 0.3 is 0 Å². The zero-order chi connectivity index (χ0) is 20.8. The van der Waals surface area contributed by atoms with Crippen LogP contribution in [0.5, 0.6) is 0 Å². The number of carbonyl (C=O) groups excluding carboxylic acids is 1. The molecule has 0 bridgehead atoms. The number of hydrogen-bond donors (Lipinski definition) is 1. The maximum absolute atomic E-state index is 13.3. The zero-order valence-corrected chi connectivity index (χ0v) is 17.1. The van der Waals surface area contributed by atoms with Gasteiger partial charge in [-0.25, -0.2) is 0 Å². The second-order valence-corrected chi connectivity index (χ2v) is 8.68. The molecular weight excluding hydrogens is 384 g/mol. The highest BCUT2D eigenvalue weighted by Gasteiger charge is 2.44. The van der Waals surface area contributed by atoms with Crippen molar-refractivity contribution in [1.29, 1.82) is 5.26 Å². The van der Waals surface area contributed by atoms with Crippen molar-refractivity contribution < 1.29 is 4.79 Å². The number of pyridine rings is 1. The highest BCUT2D eigenvalue weighted by Crippen LogP contribution is 2.50. The molecule has 0 amide bonds. The lowest BCUT2D eigenvalue weighted by Gasteiger charge is -2.43. The maximum atomic E-state index is 13.3. The van der Waals surface area contributed by atoms with Crippen molar-refractivity contribution in [3.63, 3.8) is 0 Å². The number of Topliss-reactive ketones (excluding diaryl/α,β-unsaturated/α-hetero) is 1. The second kappa shape index (κ2) is 7.06. The predicted octanol–water partition coefficient (Wildman–Crippen LogP) is 4.68. The molecule has 1 aliphatic carbocycles. The number of benzene rings is 1. The lowest BCUT2D eigenvalue weighted by molar-refractivity contribution is -0.118. The Bertz CT molecular complexity index is 1080. The normalized spacial score (nSPS) is 21.1. The summed E-state index contributed by atoms with van der Waals surface area (Å²) in [6, 6.07) is 13.2. The van der Waals surface area contributed by atoms with E-state index in [4.69, 9.17) is 17.3 Å². The van der Waals surface area contributed by atoms with Gasteiger partial charge in [0.2, 0.25) is 0 Å². The largest absolute Gasteiger partial charge is 0.384 e. The molecular formula is C23H21ClN4O. The summed E-state index contributed by atoms with van der Waals surface area (Å²) < 4.78 is 0. The Morgan fingerprint density at radius 3 is 2.59 bits per heavy atom. The number of nitriles is 1. The Labute approximate surface area is 175 Å². The number of anilines is 1. The number of halogens is 1. The van der Waals surface area contributed by atoms with Crippen molar-refractivity contribution in [3.8, 4) is 6.07 Å². The molecule has 29 heavy (non-hydrogen) atoms. The van der Waals surface area contributed by atoms with Gasteiger partial charge < -0.3 is 5.73 Å². The molecule has 5 nitrogen and oxygen atoms in total. The van der Waals surface area contributed by atoms with Crippen LogP contribution < -0.4 is 10.6 Å². The summed E-state index contributed by atoms with van der Waals surface area (Å²) in [7, 11) is 0. The van der Waals surface area contributed by atoms with Gasteiger partial charge in [0.05, 0.1) is 29.4 Å². The SMILES string of the molecule is CC1(C)CC(=O)C2=C(C1)N(c1cccnc1)C(N)=C(C#N)[C@@H]2c1ccc(Cl)cc1. The fraction of sp³-hybridized carbons (Fsp3) is 0.261. The summed E-state index contributed by atoms with van der Waals surface area (Å²) in [5.74, 6) is -0.112. The van der Waals surface area contributed by atoms with Gasteiger partial charge in [-0.3, -0.25) is 14.7 Å². The van der Waals surface area contributed by atoms with Crippen LogP contribution in [0.3, 0.4) is 0 Å². The average molecular weight is 405 g/mol. The number of ketones is 1. The first kappa shape index (κ1) is 19.2. The lowest BCUT2D eigenvalue weighted by Crippen LogP contribution is -2.42. The fourth-order valence-electron chi connectivity index (χ4n) is 4.28. The molecule has 2 heterocycles. The van der Waals surface area contributed by atoms with Gasteiger partial charge in [0.25, 0.3) is 0 Å². The molecule has 146 valence electrons. The van der Waals surface area contributed by atoms with Crippen LogP contribution in [0, 0.1) is 16.7 Å². The first-order chi connectivity index (χ1) is 13.8. The van der Waals surface area contributed by atoms with E-state index in [-0.39, 0.29) is 11.2 Å². The number of carbonyl (C=O) groups is 1. The van der Waals surface area contributed by atoms with E-state index in [0.717, 1.165) is 16.9 Å². The Morgan fingerprint density at radius 1 is 1.24 bits per heavy atom. The van der Waals surface area contributed by atoms with Crippen molar-refractivity contribution in [2.24, 2.45) is 11.1 Å². The number of rotatable bonds is 2. The highest BCUT2D eigenvalue weighted by molar-refractivity contribution is 6.30. The zero-order valence-electron chi connectivity index (χ0n) is 16.3. The Kier molecular flexibility index (Phi) is 4.68. The van der Waals surface area contributed by atoms with E-state index in [1.807, 2.05) is 29.2 Å². The third-order valence-corrected chi connectivity index (χ3v) is 5.74. The van der Waals surface area contributed by atoms with Crippen molar-refractivity contribution in [3.05, 3.63) is 82.0 Å². The highest BCUT2D eigenvalue weighted by atomic mass is 35.5. The smallest absolute Gasteiger partial charge is 0.162 e. The quantitative estimate of drug-likeness (QED) is 0.785. The van der Waals surface area contributed by atoms with Crippen LogP contribution in [0.4, 0.5) is 5.69 Å². The van der Waals surface area contributed by atoms with Crippen molar-refractivity contribution in [2.45, 2.75) is 32.6 Å².